The standard InChI is InChI=1S/C13H19N3O/c1-13(2,3)16-11-6-9(7-14-8-11)12(17)15-10-4-5-10/h6-8,10,16H,4-5H2,1-3H3,(H,15,17). The zero-order valence-corrected chi connectivity index (χ0v) is 10.6. The summed E-state index contributed by atoms with van der Waals surface area (Å²) < 4.78 is 0. The number of hydrogen-bond acceptors (Lipinski definition) is 3. The Kier molecular flexibility index (Phi) is 3.05. The van der Waals surface area contributed by atoms with Gasteiger partial charge in [-0.1, -0.05) is 0 Å². The minimum atomic E-state index is -0.0345. The Morgan fingerprint density at radius 2 is 2.06 bits per heavy atom. The molecule has 2 N–H and O–H groups in total. The smallest absolute Gasteiger partial charge is 0.253 e. The van der Waals surface area contributed by atoms with Gasteiger partial charge in [-0.25, -0.2) is 0 Å². The second kappa shape index (κ2) is 4.35. The van der Waals surface area contributed by atoms with Gasteiger partial charge in [-0.15, -0.1) is 0 Å². The van der Waals surface area contributed by atoms with E-state index in [1.807, 2.05) is 6.07 Å². The summed E-state index contributed by atoms with van der Waals surface area (Å²) in [6.07, 6.45) is 5.53. The summed E-state index contributed by atoms with van der Waals surface area (Å²) in [5.74, 6) is -0.0300. The van der Waals surface area contributed by atoms with Crippen molar-refractivity contribution in [1.82, 2.24) is 10.3 Å². The van der Waals surface area contributed by atoms with Crippen LogP contribution in [-0.2, 0) is 0 Å². The number of aromatic nitrogens is 1. The number of carbonyl (C=O) groups is 1. The van der Waals surface area contributed by atoms with Crippen LogP contribution in [0.4, 0.5) is 5.69 Å². The number of nitrogens with one attached hydrogen (secondary N) is 2. The van der Waals surface area contributed by atoms with E-state index in [0.717, 1.165) is 18.5 Å². The van der Waals surface area contributed by atoms with Gasteiger partial charge in [-0.2, -0.15) is 0 Å². The Morgan fingerprint density at radius 1 is 1.35 bits per heavy atom. The average molecular weight is 233 g/mol. The first-order chi connectivity index (χ1) is 7.94. The van der Waals surface area contributed by atoms with Gasteiger partial charge in [0.15, 0.2) is 0 Å². The van der Waals surface area contributed by atoms with Gasteiger partial charge >= 0.3 is 0 Å². The molecule has 17 heavy (non-hydrogen) atoms. The Bertz CT molecular complexity index is 419. The van der Waals surface area contributed by atoms with Crippen molar-refractivity contribution in [1.29, 1.82) is 0 Å². The van der Waals surface area contributed by atoms with Gasteiger partial charge in [0.25, 0.3) is 5.91 Å². The molecule has 1 aromatic heterocycles. The second-order valence-electron chi connectivity index (χ2n) is 5.59. The van der Waals surface area contributed by atoms with Crippen LogP contribution < -0.4 is 10.6 Å². The predicted molar refractivity (Wildman–Crippen MR) is 68.1 cm³/mol. The second-order valence-corrected chi connectivity index (χ2v) is 5.59. The monoisotopic (exact) mass is 233 g/mol. The van der Waals surface area contributed by atoms with Gasteiger partial charge in [0.2, 0.25) is 0 Å². The van der Waals surface area contributed by atoms with E-state index in [0.29, 0.717) is 11.6 Å². The Morgan fingerprint density at radius 3 is 2.65 bits per heavy atom. The molecule has 0 radical (unpaired) electrons. The van der Waals surface area contributed by atoms with Gasteiger partial charge in [0.1, 0.15) is 0 Å². The van der Waals surface area contributed by atoms with Gasteiger partial charge < -0.3 is 10.6 Å². The zero-order valence-electron chi connectivity index (χ0n) is 10.6. The number of amides is 1. The summed E-state index contributed by atoms with van der Waals surface area (Å²) in [5, 5.41) is 6.26. The fourth-order valence-electron chi connectivity index (χ4n) is 1.56. The molecule has 0 aliphatic heterocycles. The largest absolute Gasteiger partial charge is 0.379 e. The minimum Gasteiger partial charge on any atom is -0.379 e. The molecule has 92 valence electrons. The molecule has 1 amide bonds. The van der Waals surface area contributed by atoms with Crippen LogP contribution in [0.1, 0.15) is 44.0 Å². The quantitative estimate of drug-likeness (QED) is 0.841. The molecule has 0 bridgehead atoms. The lowest BCUT2D eigenvalue weighted by Crippen LogP contribution is -2.28. The molecule has 1 aliphatic rings. The molecular formula is C13H19N3O. The Labute approximate surface area is 102 Å². The molecule has 1 heterocycles. The Balaban J connectivity index is 2.07. The fraction of sp³-hybridized carbons (Fsp3) is 0.538. The van der Waals surface area contributed by atoms with Crippen LogP contribution >= 0.6 is 0 Å². The van der Waals surface area contributed by atoms with Crippen LogP contribution in [0, 0.1) is 0 Å². The maximum atomic E-state index is 11.8. The van der Waals surface area contributed by atoms with Gasteiger partial charge in [-0.3, -0.25) is 9.78 Å². The first-order valence-corrected chi connectivity index (χ1v) is 5.98. The third-order valence-electron chi connectivity index (χ3n) is 2.43. The zero-order chi connectivity index (χ0) is 12.5. The lowest BCUT2D eigenvalue weighted by atomic mass is 10.1. The van der Waals surface area contributed by atoms with E-state index in [4.69, 9.17) is 0 Å². The molecule has 4 nitrogen and oxygen atoms in total. The summed E-state index contributed by atoms with van der Waals surface area (Å²) in [6.45, 7) is 6.22. The number of hydrogen-bond donors (Lipinski definition) is 2. The van der Waals surface area contributed by atoms with E-state index < -0.39 is 0 Å². The van der Waals surface area contributed by atoms with Crippen LogP contribution in [0.25, 0.3) is 0 Å². The van der Waals surface area contributed by atoms with E-state index in [9.17, 15) is 4.79 Å². The van der Waals surface area contributed by atoms with Crippen LogP contribution in [0.15, 0.2) is 18.5 Å². The van der Waals surface area contributed by atoms with E-state index in [1.54, 1.807) is 12.4 Å². The van der Waals surface area contributed by atoms with Crippen molar-refractivity contribution in [3.63, 3.8) is 0 Å². The molecular weight excluding hydrogens is 214 g/mol. The summed E-state index contributed by atoms with van der Waals surface area (Å²) in [5.41, 5.74) is 1.46. The molecule has 1 saturated carbocycles. The highest BCUT2D eigenvalue weighted by molar-refractivity contribution is 5.95. The van der Waals surface area contributed by atoms with Gasteiger partial charge in [-0.05, 0) is 39.7 Å². The molecule has 1 aliphatic carbocycles. The molecule has 2 rings (SSSR count). The topological polar surface area (TPSA) is 54.0 Å². The van der Waals surface area contributed by atoms with Crippen molar-refractivity contribution < 1.29 is 4.79 Å². The normalized spacial score (nSPS) is 15.5. The van der Waals surface area contributed by atoms with Crippen molar-refractivity contribution in [2.24, 2.45) is 0 Å². The maximum absolute atomic E-state index is 11.8. The van der Waals surface area contributed by atoms with E-state index in [2.05, 4.69) is 36.4 Å². The summed E-state index contributed by atoms with van der Waals surface area (Å²) in [7, 11) is 0. The fourth-order valence-corrected chi connectivity index (χ4v) is 1.56. The van der Waals surface area contributed by atoms with Crippen LogP contribution in [-0.4, -0.2) is 22.5 Å². The average Bonchev–Trinajstić information content (AvgIpc) is 2.99. The summed E-state index contributed by atoms with van der Waals surface area (Å²) >= 11 is 0. The lowest BCUT2D eigenvalue weighted by molar-refractivity contribution is 0.0950. The van der Waals surface area contributed by atoms with Crippen molar-refractivity contribution in [3.8, 4) is 0 Å². The van der Waals surface area contributed by atoms with E-state index >= 15 is 0 Å². The predicted octanol–water partition coefficient (Wildman–Crippen LogP) is 2.18. The van der Waals surface area contributed by atoms with Crippen LogP contribution in [0.5, 0.6) is 0 Å². The third kappa shape index (κ3) is 3.73. The highest BCUT2D eigenvalue weighted by Crippen LogP contribution is 2.20. The van der Waals surface area contributed by atoms with Crippen molar-refractivity contribution in [2.45, 2.75) is 45.2 Å². The first-order valence-electron chi connectivity index (χ1n) is 5.98. The molecule has 0 atom stereocenters. The highest BCUT2D eigenvalue weighted by Gasteiger charge is 2.24. The minimum absolute atomic E-state index is 0.0300. The van der Waals surface area contributed by atoms with Crippen molar-refractivity contribution in [2.75, 3.05) is 5.32 Å². The van der Waals surface area contributed by atoms with Crippen LogP contribution in [0.2, 0.25) is 0 Å². The SMILES string of the molecule is CC(C)(C)Nc1cncc(C(=O)NC2CC2)c1. The lowest BCUT2D eigenvalue weighted by Gasteiger charge is -2.22. The van der Waals surface area contributed by atoms with Gasteiger partial charge in [0, 0.05) is 24.0 Å². The van der Waals surface area contributed by atoms with Gasteiger partial charge in [0.05, 0.1) is 11.3 Å². The van der Waals surface area contributed by atoms with Crippen molar-refractivity contribution in [3.05, 3.63) is 24.0 Å². The molecule has 0 saturated heterocycles. The molecule has 0 spiro atoms. The van der Waals surface area contributed by atoms with Crippen molar-refractivity contribution >= 4 is 11.6 Å². The molecule has 0 unspecified atom stereocenters. The third-order valence-corrected chi connectivity index (χ3v) is 2.43. The summed E-state index contributed by atoms with van der Waals surface area (Å²) in [4.78, 5) is 15.9. The molecule has 1 aromatic rings. The van der Waals surface area contributed by atoms with Crippen LogP contribution in [0.3, 0.4) is 0 Å². The number of nitrogens with zero attached hydrogens (tertiary/aromatic N) is 1. The number of rotatable bonds is 3. The number of pyridine rings is 1. The Hall–Kier alpha value is -1.58. The summed E-state index contributed by atoms with van der Waals surface area (Å²) in [6, 6.07) is 2.22. The number of carbonyl (C=O) groups excluding carboxylic acids is 1. The highest BCUT2D eigenvalue weighted by atomic mass is 16.1. The maximum Gasteiger partial charge on any atom is 0.253 e. The first kappa shape index (κ1) is 11.9. The molecule has 1 fully saturated rings. The van der Waals surface area contributed by atoms with E-state index in [1.165, 1.54) is 0 Å². The van der Waals surface area contributed by atoms with E-state index in [-0.39, 0.29) is 11.4 Å². The molecule has 4 heteroatoms. The number of anilines is 1. The molecule has 0 aromatic carbocycles.